The molecule has 0 aliphatic carbocycles. The number of para-hydroxylation sites is 1. The number of amides is 1. The van der Waals surface area contributed by atoms with Gasteiger partial charge in [0.05, 0.1) is 11.2 Å². The highest BCUT2D eigenvalue weighted by Gasteiger charge is 2.08. The van der Waals surface area contributed by atoms with Crippen molar-refractivity contribution in [3.63, 3.8) is 0 Å². The SMILES string of the molecule is O=C(/C=C/c1ccccc1)Nc1cccc(-c2n[nH]c3ccccc23)c1. The first kappa shape index (κ1) is 15.8. The number of hydrogen-bond donors (Lipinski definition) is 2. The number of aromatic nitrogens is 2. The number of hydrogen-bond acceptors (Lipinski definition) is 2. The van der Waals surface area contributed by atoms with E-state index in [1.165, 1.54) is 6.08 Å². The number of nitrogens with zero attached hydrogens (tertiary/aromatic N) is 1. The van der Waals surface area contributed by atoms with Crippen LogP contribution in [-0.4, -0.2) is 16.1 Å². The van der Waals surface area contributed by atoms with E-state index in [0.717, 1.165) is 33.4 Å². The molecule has 4 heteroatoms. The van der Waals surface area contributed by atoms with E-state index in [9.17, 15) is 4.79 Å². The van der Waals surface area contributed by atoms with Gasteiger partial charge in [-0.1, -0.05) is 60.7 Å². The van der Waals surface area contributed by atoms with Crippen LogP contribution in [0.25, 0.3) is 28.2 Å². The van der Waals surface area contributed by atoms with Crippen molar-refractivity contribution in [2.24, 2.45) is 0 Å². The molecule has 0 saturated heterocycles. The van der Waals surface area contributed by atoms with Crippen molar-refractivity contribution in [2.75, 3.05) is 5.32 Å². The molecule has 0 bridgehead atoms. The van der Waals surface area contributed by atoms with Crippen molar-refractivity contribution in [2.45, 2.75) is 0 Å². The first-order valence-corrected chi connectivity index (χ1v) is 8.37. The Morgan fingerprint density at radius 3 is 2.62 bits per heavy atom. The van der Waals surface area contributed by atoms with Crippen molar-refractivity contribution in [1.29, 1.82) is 0 Å². The number of carbonyl (C=O) groups excluding carboxylic acids is 1. The second-order valence-electron chi connectivity index (χ2n) is 5.93. The van der Waals surface area contributed by atoms with Crippen LogP contribution in [0.3, 0.4) is 0 Å². The fraction of sp³-hybridized carbons (Fsp3) is 0. The summed E-state index contributed by atoms with van der Waals surface area (Å²) in [6.07, 6.45) is 3.33. The van der Waals surface area contributed by atoms with Gasteiger partial charge in [0.1, 0.15) is 0 Å². The molecular formula is C22H17N3O. The summed E-state index contributed by atoms with van der Waals surface area (Å²) in [6, 6.07) is 25.4. The Morgan fingerprint density at radius 2 is 1.73 bits per heavy atom. The fourth-order valence-electron chi connectivity index (χ4n) is 2.85. The molecule has 1 heterocycles. The first-order valence-electron chi connectivity index (χ1n) is 8.37. The number of fused-ring (bicyclic) bond motifs is 1. The van der Waals surface area contributed by atoms with Crippen LogP contribution in [-0.2, 0) is 4.79 Å². The smallest absolute Gasteiger partial charge is 0.248 e. The molecule has 126 valence electrons. The zero-order chi connectivity index (χ0) is 17.8. The zero-order valence-electron chi connectivity index (χ0n) is 14.0. The first-order chi connectivity index (χ1) is 12.8. The summed E-state index contributed by atoms with van der Waals surface area (Å²) >= 11 is 0. The molecule has 0 spiro atoms. The standard InChI is InChI=1S/C22H17N3O/c26-21(14-13-16-7-2-1-3-8-16)23-18-10-6-9-17(15-18)22-19-11-4-5-12-20(19)24-25-22/h1-15H,(H,23,26)(H,24,25)/b14-13+. The molecule has 26 heavy (non-hydrogen) atoms. The molecule has 0 radical (unpaired) electrons. The number of benzene rings is 3. The zero-order valence-corrected chi connectivity index (χ0v) is 14.0. The Labute approximate surface area is 151 Å². The number of anilines is 1. The number of nitrogens with one attached hydrogen (secondary N) is 2. The molecule has 0 aliphatic rings. The molecule has 0 saturated carbocycles. The van der Waals surface area contributed by atoms with Crippen LogP contribution >= 0.6 is 0 Å². The van der Waals surface area contributed by atoms with E-state index in [2.05, 4.69) is 15.5 Å². The molecule has 1 amide bonds. The van der Waals surface area contributed by atoms with Gasteiger partial charge >= 0.3 is 0 Å². The molecular weight excluding hydrogens is 322 g/mol. The third kappa shape index (κ3) is 3.39. The van der Waals surface area contributed by atoms with Crippen LogP contribution in [0.1, 0.15) is 5.56 Å². The van der Waals surface area contributed by atoms with Crippen molar-refractivity contribution in [3.8, 4) is 11.3 Å². The topological polar surface area (TPSA) is 57.8 Å². The summed E-state index contributed by atoms with van der Waals surface area (Å²) in [4.78, 5) is 12.2. The quantitative estimate of drug-likeness (QED) is 0.521. The molecule has 2 N–H and O–H groups in total. The minimum atomic E-state index is -0.169. The lowest BCUT2D eigenvalue weighted by atomic mass is 10.1. The summed E-state index contributed by atoms with van der Waals surface area (Å²) in [5, 5.41) is 11.4. The third-order valence-corrected chi connectivity index (χ3v) is 4.10. The second kappa shape index (κ2) is 7.07. The van der Waals surface area contributed by atoms with Crippen LogP contribution in [0.2, 0.25) is 0 Å². The maximum atomic E-state index is 12.2. The van der Waals surface area contributed by atoms with E-state index < -0.39 is 0 Å². The number of H-pyrrole nitrogens is 1. The van der Waals surface area contributed by atoms with E-state index in [-0.39, 0.29) is 5.91 Å². The van der Waals surface area contributed by atoms with Gasteiger partial charge in [-0.2, -0.15) is 5.10 Å². The van der Waals surface area contributed by atoms with Crippen molar-refractivity contribution in [1.82, 2.24) is 10.2 Å². The fourth-order valence-corrected chi connectivity index (χ4v) is 2.85. The molecule has 1 aromatic heterocycles. The van der Waals surface area contributed by atoms with Gasteiger partial charge in [-0.3, -0.25) is 9.89 Å². The highest BCUT2D eigenvalue weighted by Crippen LogP contribution is 2.27. The van der Waals surface area contributed by atoms with Gasteiger partial charge in [0.15, 0.2) is 0 Å². The average molecular weight is 339 g/mol. The van der Waals surface area contributed by atoms with E-state index >= 15 is 0 Å². The van der Waals surface area contributed by atoms with Gasteiger partial charge < -0.3 is 5.32 Å². The highest BCUT2D eigenvalue weighted by molar-refractivity contribution is 6.02. The van der Waals surface area contributed by atoms with Crippen molar-refractivity contribution < 1.29 is 4.79 Å². The van der Waals surface area contributed by atoms with E-state index in [4.69, 9.17) is 0 Å². The number of aromatic amines is 1. The Kier molecular flexibility index (Phi) is 4.31. The van der Waals surface area contributed by atoms with Crippen molar-refractivity contribution in [3.05, 3.63) is 90.5 Å². The van der Waals surface area contributed by atoms with Gasteiger partial charge in [0.2, 0.25) is 5.91 Å². The summed E-state index contributed by atoms with van der Waals surface area (Å²) in [5.41, 5.74) is 4.53. The lowest BCUT2D eigenvalue weighted by Gasteiger charge is -2.05. The summed E-state index contributed by atoms with van der Waals surface area (Å²) in [5.74, 6) is -0.169. The van der Waals surface area contributed by atoms with Crippen LogP contribution < -0.4 is 5.32 Å². The predicted octanol–water partition coefficient (Wildman–Crippen LogP) is 4.88. The van der Waals surface area contributed by atoms with Crippen LogP contribution in [0.15, 0.2) is 84.9 Å². The number of rotatable bonds is 4. The molecule has 4 nitrogen and oxygen atoms in total. The summed E-state index contributed by atoms with van der Waals surface area (Å²) in [7, 11) is 0. The molecule has 0 atom stereocenters. The Balaban J connectivity index is 1.54. The van der Waals surface area contributed by atoms with Crippen LogP contribution in [0, 0.1) is 0 Å². The van der Waals surface area contributed by atoms with Crippen LogP contribution in [0.5, 0.6) is 0 Å². The van der Waals surface area contributed by atoms with Gasteiger partial charge in [0.25, 0.3) is 0 Å². The van der Waals surface area contributed by atoms with E-state index in [0.29, 0.717) is 0 Å². The summed E-state index contributed by atoms with van der Waals surface area (Å²) in [6.45, 7) is 0. The number of carbonyl (C=O) groups is 1. The van der Waals surface area contributed by atoms with Crippen LogP contribution in [0.4, 0.5) is 5.69 Å². The predicted molar refractivity (Wildman–Crippen MR) is 106 cm³/mol. The van der Waals surface area contributed by atoms with Gasteiger partial charge in [-0.25, -0.2) is 0 Å². The molecule has 0 aliphatic heterocycles. The third-order valence-electron chi connectivity index (χ3n) is 4.10. The Hall–Kier alpha value is -3.66. The maximum absolute atomic E-state index is 12.2. The average Bonchev–Trinajstić information content (AvgIpc) is 3.12. The second-order valence-corrected chi connectivity index (χ2v) is 5.93. The molecule has 0 unspecified atom stereocenters. The van der Waals surface area contributed by atoms with Gasteiger partial charge in [-0.05, 0) is 29.8 Å². The Bertz CT molecular complexity index is 1080. The molecule has 4 aromatic rings. The Morgan fingerprint density at radius 1 is 0.923 bits per heavy atom. The van der Waals surface area contributed by atoms with E-state index in [1.54, 1.807) is 6.08 Å². The molecule has 3 aromatic carbocycles. The highest BCUT2D eigenvalue weighted by atomic mass is 16.1. The monoisotopic (exact) mass is 339 g/mol. The summed E-state index contributed by atoms with van der Waals surface area (Å²) < 4.78 is 0. The largest absolute Gasteiger partial charge is 0.322 e. The molecule has 4 rings (SSSR count). The minimum absolute atomic E-state index is 0.169. The van der Waals surface area contributed by atoms with Gasteiger partial charge in [0, 0.05) is 22.7 Å². The lowest BCUT2D eigenvalue weighted by Crippen LogP contribution is -2.07. The van der Waals surface area contributed by atoms with Crippen molar-refractivity contribution >= 4 is 28.6 Å². The van der Waals surface area contributed by atoms with E-state index in [1.807, 2.05) is 78.9 Å². The molecule has 0 fully saturated rings. The normalized spacial score (nSPS) is 11.1. The maximum Gasteiger partial charge on any atom is 0.248 e. The van der Waals surface area contributed by atoms with Gasteiger partial charge in [-0.15, -0.1) is 0 Å². The minimum Gasteiger partial charge on any atom is -0.322 e. The lowest BCUT2D eigenvalue weighted by molar-refractivity contribution is -0.111.